The molecule has 4 aromatic rings. The normalized spacial score (nSPS) is 11.8. The smallest absolute Gasteiger partial charge is 0.278 e. The van der Waals surface area contributed by atoms with Crippen molar-refractivity contribution < 1.29 is 4.74 Å². The first-order chi connectivity index (χ1) is 12.3. The van der Waals surface area contributed by atoms with E-state index in [9.17, 15) is 0 Å². The number of thiazole rings is 1. The maximum Gasteiger partial charge on any atom is 0.278 e. The zero-order valence-corrected chi connectivity index (χ0v) is 14.6. The van der Waals surface area contributed by atoms with Crippen molar-refractivity contribution >= 4 is 33.9 Å². The summed E-state index contributed by atoms with van der Waals surface area (Å²) in [4.78, 5) is 4.17. The van der Waals surface area contributed by atoms with E-state index in [0.29, 0.717) is 5.19 Å². The second kappa shape index (κ2) is 6.91. The largest absolute Gasteiger partial charge is 0.431 e. The summed E-state index contributed by atoms with van der Waals surface area (Å²) in [6.45, 7) is 2.16. The van der Waals surface area contributed by atoms with Gasteiger partial charge in [0.05, 0.1) is 11.7 Å². The van der Waals surface area contributed by atoms with Gasteiger partial charge < -0.3 is 4.74 Å². The summed E-state index contributed by atoms with van der Waals surface area (Å²) in [5.41, 5.74) is 4.63. The van der Waals surface area contributed by atoms with Crippen molar-refractivity contribution in [3.05, 3.63) is 71.4 Å². The molecule has 1 N–H and O–H groups in total. The number of rotatable bonds is 5. The number of H-pyrrole nitrogens is 1. The summed E-state index contributed by atoms with van der Waals surface area (Å²) in [6.07, 6.45) is 6.74. The molecule has 4 nitrogen and oxygen atoms in total. The summed E-state index contributed by atoms with van der Waals surface area (Å²) in [5.74, 6) is 0.803. The molecule has 0 saturated carbocycles. The molecule has 0 spiro atoms. The summed E-state index contributed by atoms with van der Waals surface area (Å²) in [5, 5.41) is 10.7. The minimum Gasteiger partial charge on any atom is -0.431 e. The van der Waals surface area contributed by atoms with Crippen LogP contribution < -0.4 is 4.74 Å². The predicted molar refractivity (Wildman–Crippen MR) is 103 cm³/mol. The molecular formula is C20H17N3OS. The molecule has 0 atom stereocenters. The van der Waals surface area contributed by atoms with Crippen LogP contribution in [0.3, 0.4) is 0 Å². The highest BCUT2D eigenvalue weighted by atomic mass is 32.1. The van der Waals surface area contributed by atoms with Crippen LogP contribution >= 0.6 is 11.3 Å². The fourth-order valence-electron chi connectivity index (χ4n) is 2.76. The van der Waals surface area contributed by atoms with Crippen LogP contribution in [0.1, 0.15) is 24.5 Å². The molecule has 124 valence electrons. The van der Waals surface area contributed by atoms with E-state index < -0.39 is 0 Å². The van der Waals surface area contributed by atoms with E-state index in [-0.39, 0.29) is 0 Å². The zero-order chi connectivity index (χ0) is 17.1. The molecule has 0 saturated heterocycles. The van der Waals surface area contributed by atoms with Gasteiger partial charge in [0.25, 0.3) is 5.19 Å². The van der Waals surface area contributed by atoms with Gasteiger partial charge in [0, 0.05) is 17.0 Å². The monoisotopic (exact) mass is 347 g/mol. The summed E-state index contributed by atoms with van der Waals surface area (Å²) in [6, 6.07) is 14.4. The van der Waals surface area contributed by atoms with Crippen molar-refractivity contribution in [2.75, 3.05) is 0 Å². The topological polar surface area (TPSA) is 50.8 Å². The van der Waals surface area contributed by atoms with E-state index in [1.54, 1.807) is 6.20 Å². The Morgan fingerprint density at radius 3 is 3.04 bits per heavy atom. The highest BCUT2D eigenvalue weighted by Gasteiger charge is 2.05. The Balaban J connectivity index is 1.65. The average Bonchev–Trinajstić information content (AvgIpc) is 3.31. The Kier molecular flexibility index (Phi) is 4.31. The fourth-order valence-corrected chi connectivity index (χ4v) is 3.27. The molecule has 0 aliphatic carbocycles. The van der Waals surface area contributed by atoms with Gasteiger partial charge in [0.2, 0.25) is 0 Å². The lowest BCUT2D eigenvalue weighted by Gasteiger charge is -2.08. The van der Waals surface area contributed by atoms with Gasteiger partial charge in [-0.2, -0.15) is 5.10 Å². The van der Waals surface area contributed by atoms with Crippen molar-refractivity contribution in [3.63, 3.8) is 0 Å². The number of fused-ring (bicyclic) bond motifs is 1. The van der Waals surface area contributed by atoms with E-state index >= 15 is 0 Å². The second-order valence-corrected chi connectivity index (χ2v) is 6.52. The first kappa shape index (κ1) is 15.6. The van der Waals surface area contributed by atoms with E-state index in [1.165, 1.54) is 16.9 Å². The third kappa shape index (κ3) is 3.46. The van der Waals surface area contributed by atoms with Crippen molar-refractivity contribution in [3.8, 4) is 10.9 Å². The van der Waals surface area contributed by atoms with Crippen molar-refractivity contribution in [1.29, 1.82) is 0 Å². The first-order valence-electron chi connectivity index (χ1n) is 8.13. The van der Waals surface area contributed by atoms with E-state index in [2.05, 4.69) is 58.5 Å². The lowest BCUT2D eigenvalue weighted by molar-refractivity contribution is 0.478. The van der Waals surface area contributed by atoms with Gasteiger partial charge >= 0.3 is 0 Å². The molecule has 0 unspecified atom stereocenters. The van der Waals surface area contributed by atoms with E-state index in [0.717, 1.165) is 34.2 Å². The molecule has 0 aliphatic heterocycles. The van der Waals surface area contributed by atoms with Gasteiger partial charge in [-0.25, -0.2) is 4.98 Å². The Morgan fingerprint density at radius 1 is 1.24 bits per heavy atom. The van der Waals surface area contributed by atoms with Crippen LogP contribution in [0.15, 0.2) is 60.2 Å². The van der Waals surface area contributed by atoms with Crippen LogP contribution in [-0.2, 0) is 0 Å². The van der Waals surface area contributed by atoms with Crippen LogP contribution in [0.2, 0.25) is 0 Å². The standard InChI is InChI=1S/C20H17N3OS/c1-2-15(10-14-6-7-19-17(11-14)13-22-23-19)16-4-3-5-18(12-16)24-20-21-8-9-25-20/h3-13H,2H2,1H3,(H,22,23)/b15-10+. The van der Waals surface area contributed by atoms with Crippen LogP contribution in [0.25, 0.3) is 22.6 Å². The number of hydrogen-bond donors (Lipinski definition) is 1. The molecule has 2 aromatic carbocycles. The molecule has 4 rings (SSSR count). The van der Waals surface area contributed by atoms with Gasteiger partial charge in [0.15, 0.2) is 0 Å². The lowest BCUT2D eigenvalue weighted by atomic mass is 10.00. The van der Waals surface area contributed by atoms with Crippen LogP contribution in [-0.4, -0.2) is 15.2 Å². The predicted octanol–water partition coefficient (Wildman–Crippen LogP) is 5.76. The number of nitrogens with one attached hydrogen (secondary N) is 1. The maximum absolute atomic E-state index is 5.82. The molecule has 25 heavy (non-hydrogen) atoms. The number of aromatic amines is 1. The number of aromatic nitrogens is 3. The third-order valence-electron chi connectivity index (χ3n) is 4.01. The number of allylic oxidation sites excluding steroid dienone is 1. The van der Waals surface area contributed by atoms with Crippen LogP contribution in [0, 0.1) is 0 Å². The quantitative estimate of drug-likeness (QED) is 0.467. The maximum atomic E-state index is 5.82. The van der Waals surface area contributed by atoms with Gasteiger partial charge in [-0.05, 0) is 47.4 Å². The molecular weight excluding hydrogens is 330 g/mol. The molecule has 0 radical (unpaired) electrons. The fraction of sp³-hybridized carbons (Fsp3) is 0.100. The molecule has 0 bridgehead atoms. The van der Waals surface area contributed by atoms with Crippen LogP contribution in [0.4, 0.5) is 0 Å². The number of hydrogen-bond acceptors (Lipinski definition) is 4. The van der Waals surface area contributed by atoms with E-state index in [4.69, 9.17) is 4.74 Å². The average molecular weight is 347 g/mol. The lowest BCUT2D eigenvalue weighted by Crippen LogP contribution is -1.87. The van der Waals surface area contributed by atoms with Gasteiger partial charge in [-0.1, -0.05) is 42.5 Å². The number of benzene rings is 2. The Labute approximate surface area is 149 Å². The Bertz CT molecular complexity index is 1020. The SMILES string of the molecule is CC/C(=C\c1ccc2[nH]ncc2c1)c1cccc(Oc2nccs2)c1. The van der Waals surface area contributed by atoms with Crippen molar-refractivity contribution in [1.82, 2.24) is 15.2 Å². The number of nitrogens with zero attached hydrogens (tertiary/aromatic N) is 2. The van der Waals surface area contributed by atoms with Crippen molar-refractivity contribution in [2.45, 2.75) is 13.3 Å². The number of ether oxygens (including phenoxy) is 1. The molecule has 0 aliphatic rings. The minimum atomic E-state index is 0.657. The molecule has 0 fully saturated rings. The summed E-state index contributed by atoms with van der Waals surface area (Å²) >= 11 is 1.49. The van der Waals surface area contributed by atoms with E-state index in [1.807, 2.05) is 23.7 Å². The summed E-state index contributed by atoms with van der Waals surface area (Å²) in [7, 11) is 0. The van der Waals surface area contributed by atoms with Crippen molar-refractivity contribution in [2.24, 2.45) is 0 Å². The first-order valence-corrected chi connectivity index (χ1v) is 9.01. The van der Waals surface area contributed by atoms with Gasteiger partial charge in [-0.3, -0.25) is 5.10 Å². The highest BCUT2D eigenvalue weighted by Crippen LogP contribution is 2.29. The Hall–Kier alpha value is -2.92. The second-order valence-electron chi connectivity index (χ2n) is 5.67. The van der Waals surface area contributed by atoms with Gasteiger partial charge in [0.1, 0.15) is 5.75 Å². The van der Waals surface area contributed by atoms with Crippen LogP contribution in [0.5, 0.6) is 10.9 Å². The molecule has 0 amide bonds. The molecule has 2 heterocycles. The van der Waals surface area contributed by atoms with Gasteiger partial charge in [-0.15, -0.1) is 0 Å². The Morgan fingerprint density at radius 2 is 2.20 bits per heavy atom. The third-order valence-corrected chi connectivity index (χ3v) is 4.65. The summed E-state index contributed by atoms with van der Waals surface area (Å²) < 4.78 is 5.82. The zero-order valence-electron chi connectivity index (χ0n) is 13.8. The highest BCUT2D eigenvalue weighted by molar-refractivity contribution is 7.11. The minimum absolute atomic E-state index is 0.657. The molecule has 5 heteroatoms. The molecule has 2 aromatic heterocycles.